The molecule has 0 spiro atoms. The van der Waals surface area contributed by atoms with Crippen molar-refractivity contribution in [3.05, 3.63) is 24.5 Å². The smallest absolute Gasteiger partial charge is 0.0302 e. The van der Waals surface area contributed by atoms with Crippen LogP contribution in [0.2, 0.25) is 0 Å². The molecule has 0 amide bonds. The Hall–Kier alpha value is -0.720. The summed E-state index contributed by atoms with van der Waals surface area (Å²) in [5.41, 5.74) is 0. The number of nitrogens with zero attached hydrogens (tertiary/aromatic N) is 1. The minimum absolute atomic E-state index is 0.673. The van der Waals surface area contributed by atoms with Crippen molar-refractivity contribution in [1.82, 2.24) is 4.57 Å². The van der Waals surface area contributed by atoms with Crippen LogP contribution in [-0.2, 0) is 0 Å². The summed E-state index contributed by atoms with van der Waals surface area (Å²) >= 11 is 0. The van der Waals surface area contributed by atoms with Gasteiger partial charge in [0.1, 0.15) is 0 Å². The van der Waals surface area contributed by atoms with E-state index in [0.29, 0.717) is 6.04 Å². The van der Waals surface area contributed by atoms with Crippen LogP contribution in [-0.4, -0.2) is 4.57 Å². The second-order valence-corrected chi connectivity index (χ2v) is 3.83. The molecule has 13 heavy (non-hydrogen) atoms. The third kappa shape index (κ3) is 3.67. The fourth-order valence-electron chi connectivity index (χ4n) is 1.66. The number of hydrogen-bond acceptors (Lipinski definition) is 0. The fourth-order valence-corrected chi connectivity index (χ4v) is 1.66. The van der Waals surface area contributed by atoms with Crippen molar-refractivity contribution in [3.8, 4) is 0 Å². The highest BCUT2D eigenvalue weighted by atomic mass is 15.0. The lowest BCUT2D eigenvalue weighted by Gasteiger charge is -2.12. The fraction of sp³-hybridized carbons (Fsp3) is 0.667. The third-order valence-corrected chi connectivity index (χ3v) is 2.61. The Morgan fingerprint density at radius 3 is 2.38 bits per heavy atom. The van der Waals surface area contributed by atoms with Crippen LogP contribution in [0, 0.1) is 0 Å². The maximum absolute atomic E-state index is 2.30. The van der Waals surface area contributed by atoms with Crippen LogP contribution >= 0.6 is 0 Å². The highest BCUT2D eigenvalue weighted by Crippen LogP contribution is 2.15. The van der Waals surface area contributed by atoms with Crippen LogP contribution < -0.4 is 0 Å². The zero-order valence-corrected chi connectivity index (χ0v) is 8.87. The molecule has 1 heterocycles. The molecule has 1 atom stereocenters. The van der Waals surface area contributed by atoms with Gasteiger partial charge in [0.25, 0.3) is 0 Å². The van der Waals surface area contributed by atoms with E-state index in [4.69, 9.17) is 0 Å². The second-order valence-electron chi connectivity index (χ2n) is 3.83. The molecule has 1 rings (SSSR count). The molecule has 0 N–H and O–H groups in total. The quantitative estimate of drug-likeness (QED) is 0.581. The zero-order chi connectivity index (χ0) is 9.52. The third-order valence-electron chi connectivity index (χ3n) is 2.61. The van der Waals surface area contributed by atoms with E-state index in [1.165, 1.54) is 32.1 Å². The summed E-state index contributed by atoms with van der Waals surface area (Å²) in [6.07, 6.45) is 11.1. The SMILES string of the molecule is CCCCCCC(C)n1cccc1. The molecule has 0 aliphatic carbocycles. The van der Waals surface area contributed by atoms with E-state index in [2.05, 4.69) is 42.9 Å². The summed E-state index contributed by atoms with van der Waals surface area (Å²) in [4.78, 5) is 0. The van der Waals surface area contributed by atoms with Gasteiger partial charge in [-0.1, -0.05) is 32.6 Å². The van der Waals surface area contributed by atoms with E-state index in [1.807, 2.05) is 0 Å². The lowest BCUT2D eigenvalue weighted by molar-refractivity contribution is 0.474. The van der Waals surface area contributed by atoms with Crippen molar-refractivity contribution in [2.45, 2.75) is 52.0 Å². The van der Waals surface area contributed by atoms with Gasteiger partial charge in [0.2, 0.25) is 0 Å². The summed E-state index contributed by atoms with van der Waals surface area (Å²) in [7, 11) is 0. The summed E-state index contributed by atoms with van der Waals surface area (Å²) < 4.78 is 2.30. The lowest BCUT2D eigenvalue weighted by atomic mass is 10.1. The topological polar surface area (TPSA) is 4.93 Å². The summed E-state index contributed by atoms with van der Waals surface area (Å²) in [6.45, 7) is 4.56. The van der Waals surface area contributed by atoms with E-state index < -0.39 is 0 Å². The van der Waals surface area contributed by atoms with Crippen LogP contribution in [0.15, 0.2) is 24.5 Å². The molecule has 0 aliphatic rings. The highest BCUT2D eigenvalue weighted by Gasteiger charge is 2.01. The maximum Gasteiger partial charge on any atom is 0.0302 e. The number of aromatic nitrogens is 1. The Morgan fingerprint density at radius 1 is 1.08 bits per heavy atom. The van der Waals surface area contributed by atoms with Gasteiger partial charge in [0, 0.05) is 18.4 Å². The molecular weight excluding hydrogens is 158 g/mol. The molecule has 1 aromatic rings. The first-order chi connectivity index (χ1) is 6.34. The minimum atomic E-state index is 0.673. The second kappa shape index (κ2) is 5.85. The highest BCUT2D eigenvalue weighted by molar-refractivity contribution is 4.92. The molecule has 1 heteroatoms. The van der Waals surface area contributed by atoms with Crippen LogP contribution in [0.3, 0.4) is 0 Å². The largest absolute Gasteiger partial charge is 0.352 e. The molecule has 1 unspecified atom stereocenters. The summed E-state index contributed by atoms with van der Waals surface area (Å²) in [5.74, 6) is 0. The first kappa shape index (κ1) is 10.4. The average molecular weight is 179 g/mol. The van der Waals surface area contributed by atoms with Crippen LogP contribution in [0.25, 0.3) is 0 Å². The Morgan fingerprint density at radius 2 is 1.77 bits per heavy atom. The van der Waals surface area contributed by atoms with E-state index >= 15 is 0 Å². The van der Waals surface area contributed by atoms with E-state index in [0.717, 1.165) is 0 Å². The molecular formula is C12H21N. The first-order valence-electron chi connectivity index (χ1n) is 5.47. The molecule has 74 valence electrons. The molecule has 1 nitrogen and oxygen atoms in total. The van der Waals surface area contributed by atoms with E-state index in [1.54, 1.807) is 0 Å². The van der Waals surface area contributed by atoms with Crippen LogP contribution in [0.1, 0.15) is 52.0 Å². The zero-order valence-electron chi connectivity index (χ0n) is 8.87. The molecule has 0 radical (unpaired) electrons. The van der Waals surface area contributed by atoms with Crippen molar-refractivity contribution in [1.29, 1.82) is 0 Å². The Labute approximate surface area is 81.8 Å². The first-order valence-corrected chi connectivity index (χ1v) is 5.47. The van der Waals surface area contributed by atoms with Crippen molar-refractivity contribution < 1.29 is 0 Å². The summed E-state index contributed by atoms with van der Waals surface area (Å²) in [5, 5.41) is 0. The average Bonchev–Trinajstić information content (AvgIpc) is 2.65. The van der Waals surface area contributed by atoms with Gasteiger partial charge >= 0.3 is 0 Å². The Bertz CT molecular complexity index is 201. The predicted molar refractivity (Wildman–Crippen MR) is 57.9 cm³/mol. The van der Waals surface area contributed by atoms with Gasteiger partial charge in [-0.3, -0.25) is 0 Å². The van der Waals surface area contributed by atoms with E-state index in [-0.39, 0.29) is 0 Å². The van der Waals surface area contributed by atoms with Gasteiger partial charge in [-0.25, -0.2) is 0 Å². The standard InChI is InChI=1S/C12H21N/c1-3-4-5-6-9-12(2)13-10-7-8-11-13/h7-8,10-12H,3-6,9H2,1-2H3. The molecule has 0 aromatic carbocycles. The maximum atomic E-state index is 2.30. The molecule has 1 aromatic heterocycles. The van der Waals surface area contributed by atoms with Crippen LogP contribution in [0.4, 0.5) is 0 Å². The van der Waals surface area contributed by atoms with Crippen molar-refractivity contribution >= 4 is 0 Å². The number of hydrogen-bond donors (Lipinski definition) is 0. The van der Waals surface area contributed by atoms with Crippen molar-refractivity contribution in [2.24, 2.45) is 0 Å². The summed E-state index contributed by atoms with van der Waals surface area (Å²) in [6, 6.07) is 4.87. The molecule has 0 saturated carbocycles. The lowest BCUT2D eigenvalue weighted by Crippen LogP contribution is -2.01. The van der Waals surface area contributed by atoms with Crippen LogP contribution in [0.5, 0.6) is 0 Å². The Balaban J connectivity index is 2.15. The molecule has 0 fully saturated rings. The van der Waals surface area contributed by atoms with Crippen molar-refractivity contribution in [3.63, 3.8) is 0 Å². The van der Waals surface area contributed by atoms with E-state index in [9.17, 15) is 0 Å². The monoisotopic (exact) mass is 179 g/mol. The molecule has 0 saturated heterocycles. The van der Waals surface area contributed by atoms with Gasteiger partial charge in [0.05, 0.1) is 0 Å². The number of unbranched alkanes of at least 4 members (excludes halogenated alkanes) is 3. The molecule has 0 bridgehead atoms. The van der Waals surface area contributed by atoms with Gasteiger partial charge in [-0.15, -0.1) is 0 Å². The predicted octanol–water partition coefficient (Wildman–Crippen LogP) is 4.02. The van der Waals surface area contributed by atoms with Gasteiger partial charge in [-0.05, 0) is 25.5 Å². The van der Waals surface area contributed by atoms with Gasteiger partial charge in [0.15, 0.2) is 0 Å². The Kier molecular flexibility index (Phi) is 4.66. The minimum Gasteiger partial charge on any atom is -0.352 e. The number of rotatable bonds is 6. The normalized spacial score (nSPS) is 13.1. The molecule has 0 aliphatic heterocycles. The van der Waals surface area contributed by atoms with Gasteiger partial charge < -0.3 is 4.57 Å². The van der Waals surface area contributed by atoms with Crippen molar-refractivity contribution in [2.75, 3.05) is 0 Å². The van der Waals surface area contributed by atoms with Gasteiger partial charge in [-0.2, -0.15) is 0 Å².